The van der Waals surface area contributed by atoms with E-state index in [0.29, 0.717) is 6.61 Å². The number of aromatic nitrogens is 2. The molecule has 5 heteroatoms. The Kier molecular flexibility index (Phi) is 4.15. The third-order valence-electron chi connectivity index (χ3n) is 3.00. The quantitative estimate of drug-likeness (QED) is 0.796. The van der Waals surface area contributed by atoms with Gasteiger partial charge in [0, 0.05) is 18.7 Å². The van der Waals surface area contributed by atoms with Gasteiger partial charge in [-0.25, -0.2) is 4.98 Å². The van der Waals surface area contributed by atoms with Crippen LogP contribution in [0.4, 0.5) is 0 Å². The Morgan fingerprint density at radius 2 is 2.17 bits per heavy atom. The number of rotatable bonds is 4. The molecule has 18 heavy (non-hydrogen) atoms. The summed E-state index contributed by atoms with van der Waals surface area (Å²) in [6.45, 7) is 5.26. The van der Waals surface area contributed by atoms with Crippen LogP contribution in [0.2, 0.25) is 5.02 Å². The van der Waals surface area contributed by atoms with Gasteiger partial charge in [-0.3, -0.25) is 0 Å². The van der Waals surface area contributed by atoms with Crippen LogP contribution >= 0.6 is 23.2 Å². The molecule has 0 saturated heterocycles. The molecular formula is C13H16Cl2N2O. The molecule has 1 aromatic carbocycles. The highest BCUT2D eigenvalue weighted by molar-refractivity contribution is 6.32. The summed E-state index contributed by atoms with van der Waals surface area (Å²) in [7, 11) is 1.68. The van der Waals surface area contributed by atoms with Crippen LogP contribution in [0.1, 0.15) is 23.7 Å². The van der Waals surface area contributed by atoms with Crippen molar-refractivity contribution in [3.05, 3.63) is 28.5 Å². The Morgan fingerprint density at radius 1 is 1.44 bits per heavy atom. The van der Waals surface area contributed by atoms with Gasteiger partial charge in [0.25, 0.3) is 0 Å². The molecule has 0 aliphatic carbocycles. The number of hydrogen-bond acceptors (Lipinski definition) is 2. The van der Waals surface area contributed by atoms with E-state index in [9.17, 15) is 0 Å². The smallest absolute Gasteiger partial charge is 0.127 e. The Morgan fingerprint density at radius 3 is 2.78 bits per heavy atom. The SMILES string of the molecule is COCCn1c(C(C)Cl)nc2ccc(Cl)c(C)c21. The number of nitrogens with zero attached hydrogens (tertiary/aromatic N) is 2. The summed E-state index contributed by atoms with van der Waals surface area (Å²) in [6, 6.07) is 3.80. The zero-order chi connectivity index (χ0) is 13.3. The van der Waals surface area contributed by atoms with Gasteiger partial charge in [-0.15, -0.1) is 11.6 Å². The van der Waals surface area contributed by atoms with E-state index in [-0.39, 0.29) is 5.38 Å². The second-order valence-electron chi connectivity index (χ2n) is 4.27. The minimum Gasteiger partial charge on any atom is -0.383 e. The van der Waals surface area contributed by atoms with Crippen LogP contribution in [0.15, 0.2) is 12.1 Å². The summed E-state index contributed by atoms with van der Waals surface area (Å²) in [5, 5.41) is 0.599. The van der Waals surface area contributed by atoms with E-state index < -0.39 is 0 Å². The molecule has 0 fully saturated rings. The van der Waals surface area contributed by atoms with Crippen molar-refractivity contribution in [3.63, 3.8) is 0 Å². The Hall–Kier alpha value is -0.770. The standard InChI is InChI=1S/C13H16Cl2N2O/c1-8-10(15)4-5-11-12(8)17(6-7-18-3)13(16-11)9(2)14/h4-5,9H,6-7H2,1-3H3. The zero-order valence-corrected chi connectivity index (χ0v) is 12.2. The first kappa shape index (κ1) is 13.7. The number of alkyl halides is 1. The predicted molar refractivity (Wildman–Crippen MR) is 75.6 cm³/mol. The van der Waals surface area contributed by atoms with Crippen LogP contribution in [-0.2, 0) is 11.3 Å². The Bertz CT molecular complexity index is 564. The molecule has 0 aliphatic heterocycles. The van der Waals surface area contributed by atoms with E-state index >= 15 is 0 Å². The van der Waals surface area contributed by atoms with Gasteiger partial charge in [0.05, 0.1) is 23.0 Å². The van der Waals surface area contributed by atoms with Crippen LogP contribution in [0, 0.1) is 6.92 Å². The first-order chi connectivity index (χ1) is 8.56. The van der Waals surface area contributed by atoms with Crippen molar-refractivity contribution < 1.29 is 4.74 Å². The molecule has 0 bridgehead atoms. The maximum absolute atomic E-state index is 6.19. The molecule has 1 unspecified atom stereocenters. The summed E-state index contributed by atoms with van der Waals surface area (Å²) in [4.78, 5) is 4.58. The predicted octanol–water partition coefficient (Wildman–Crippen LogP) is 3.94. The van der Waals surface area contributed by atoms with Crippen molar-refractivity contribution >= 4 is 34.2 Å². The molecule has 0 spiro atoms. The molecule has 98 valence electrons. The van der Waals surface area contributed by atoms with Crippen molar-refractivity contribution in [1.29, 1.82) is 0 Å². The number of imidazole rings is 1. The summed E-state index contributed by atoms with van der Waals surface area (Å²) in [5.74, 6) is 0.856. The fourth-order valence-electron chi connectivity index (χ4n) is 2.10. The third-order valence-corrected chi connectivity index (χ3v) is 3.60. The number of aryl methyl sites for hydroxylation is 1. The lowest BCUT2D eigenvalue weighted by molar-refractivity contribution is 0.187. The molecule has 2 rings (SSSR count). The van der Waals surface area contributed by atoms with Crippen LogP contribution in [0.3, 0.4) is 0 Å². The highest BCUT2D eigenvalue weighted by Crippen LogP contribution is 2.29. The van der Waals surface area contributed by atoms with E-state index in [1.165, 1.54) is 0 Å². The van der Waals surface area contributed by atoms with Crippen LogP contribution < -0.4 is 0 Å². The molecule has 0 amide bonds. The minimum absolute atomic E-state index is 0.146. The number of methoxy groups -OCH3 is 1. The molecule has 0 radical (unpaired) electrons. The van der Waals surface area contributed by atoms with Crippen molar-refractivity contribution in [2.45, 2.75) is 25.8 Å². The van der Waals surface area contributed by atoms with E-state index in [4.69, 9.17) is 27.9 Å². The van der Waals surface area contributed by atoms with Gasteiger partial charge in [0.1, 0.15) is 5.82 Å². The van der Waals surface area contributed by atoms with Gasteiger partial charge in [0.15, 0.2) is 0 Å². The maximum atomic E-state index is 6.19. The molecule has 1 atom stereocenters. The van der Waals surface area contributed by atoms with E-state index in [1.807, 2.05) is 26.0 Å². The monoisotopic (exact) mass is 286 g/mol. The average molecular weight is 287 g/mol. The lowest BCUT2D eigenvalue weighted by Gasteiger charge is -2.11. The third kappa shape index (κ3) is 2.35. The highest BCUT2D eigenvalue weighted by atomic mass is 35.5. The van der Waals surface area contributed by atoms with E-state index in [2.05, 4.69) is 9.55 Å². The average Bonchev–Trinajstić information content (AvgIpc) is 2.71. The van der Waals surface area contributed by atoms with Crippen molar-refractivity contribution in [1.82, 2.24) is 9.55 Å². The second-order valence-corrected chi connectivity index (χ2v) is 5.33. The molecule has 0 saturated carbocycles. The van der Waals surface area contributed by atoms with Gasteiger partial charge in [0.2, 0.25) is 0 Å². The number of fused-ring (bicyclic) bond motifs is 1. The van der Waals surface area contributed by atoms with Gasteiger partial charge in [-0.1, -0.05) is 11.6 Å². The largest absolute Gasteiger partial charge is 0.383 e. The molecule has 1 aromatic heterocycles. The minimum atomic E-state index is -0.146. The lowest BCUT2D eigenvalue weighted by atomic mass is 10.2. The van der Waals surface area contributed by atoms with Crippen LogP contribution in [0.5, 0.6) is 0 Å². The maximum Gasteiger partial charge on any atom is 0.127 e. The molecule has 0 aliphatic rings. The fourth-order valence-corrected chi connectivity index (χ4v) is 2.42. The fraction of sp³-hybridized carbons (Fsp3) is 0.462. The normalized spacial score (nSPS) is 13.2. The van der Waals surface area contributed by atoms with Crippen molar-refractivity contribution in [2.75, 3.05) is 13.7 Å². The first-order valence-corrected chi connectivity index (χ1v) is 6.66. The van der Waals surface area contributed by atoms with Gasteiger partial charge in [-0.05, 0) is 31.5 Å². The summed E-state index contributed by atoms with van der Waals surface area (Å²) < 4.78 is 7.24. The van der Waals surface area contributed by atoms with Crippen LogP contribution in [-0.4, -0.2) is 23.3 Å². The van der Waals surface area contributed by atoms with Crippen molar-refractivity contribution in [2.24, 2.45) is 0 Å². The lowest BCUT2D eigenvalue weighted by Crippen LogP contribution is -2.09. The van der Waals surface area contributed by atoms with Crippen molar-refractivity contribution in [3.8, 4) is 0 Å². The molecule has 1 heterocycles. The number of halogens is 2. The molecule has 0 N–H and O–H groups in total. The van der Waals surface area contributed by atoms with E-state index in [1.54, 1.807) is 7.11 Å². The highest BCUT2D eigenvalue weighted by Gasteiger charge is 2.17. The van der Waals surface area contributed by atoms with Crippen LogP contribution in [0.25, 0.3) is 11.0 Å². The molecule has 3 nitrogen and oxygen atoms in total. The molecule has 2 aromatic rings. The number of hydrogen-bond donors (Lipinski definition) is 0. The van der Waals surface area contributed by atoms with E-state index in [0.717, 1.165) is 34.0 Å². The van der Waals surface area contributed by atoms with Gasteiger partial charge in [-0.2, -0.15) is 0 Å². The number of benzene rings is 1. The summed E-state index contributed by atoms with van der Waals surface area (Å²) in [6.07, 6.45) is 0. The molecular weight excluding hydrogens is 271 g/mol. The first-order valence-electron chi connectivity index (χ1n) is 5.84. The zero-order valence-electron chi connectivity index (χ0n) is 10.7. The Balaban J connectivity index is 2.66. The number of ether oxygens (including phenoxy) is 1. The Labute approximate surface area is 117 Å². The van der Waals surface area contributed by atoms with Gasteiger partial charge >= 0.3 is 0 Å². The van der Waals surface area contributed by atoms with Gasteiger partial charge < -0.3 is 9.30 Å². The summed E-state index contributed by atoms with van der Waals surface area (Å²) >= 11 is 12.4. The second kappa shape index (κ2) is 5.47. The summed E-state index contributed by atoms with van der Waals surface area (Å²) in [5.41, 5.74) is 3.00. The topological polar surface area (TPSA) is 27.1 Å².